The Bertz CT molecular complexity index is 1850. The molecular formula is C33H40F3N5O6S. The van der Waals surface area contributed by atoms with Crippen molar-refractivity contribution in [2.75, 3.05) is 52.0 Å². The molecule has 0 saturated carbocycles. The molecule has 2 N–H and O–H groups in total. The molecule has 15 heteroatoms. The van der Waals surface area contributed by atoms with Gasteiger partial charge < -0.3 is 29.6 Å². The van der Waals surface area contributed by atoms with Crippen molar-refractivity contribution in [3.8, 4) is 17.6 Å². The van der Waals surface area contributed by atoms with Gasteiger partial charge in [0.2, 0.25) is 0 Å². The zero-order valence-electron chi connectivity index (χ0n) is 27.7. The maximum absolute atomic E-state index is 13.7. The Hall–Kier alpha value is -4.29. The smallest absolute Gasteiger partial charge is 0.406 e. The number of piperidine rings is 1. The number of hydrogen-bond donors (Lipinski definition) is 2. The van der Waals surface area contributed by atoms with Crippen LogP contribution in [-0.4, -0.2) is 93.6 Å². The van der Waals surface area contributed by atoms with Gasteiger partial charge in [0.05, 0.1) is 54.2 Å². The highest BCUT2D eigenvalue weighted by molar-refractivity contribution is 7.90. The van der Waals surface area contributed by atoms with Gasteiger partial charge in [-0.25, -0.2) is 13.4 Å². The topological polar surface area (TPSA) is 132 Å². The molecule has 0 unspecified atom stereocenters. The Labute approximate surface area is 278 Å². The van der Waals surface area contributed by atoms with Gasteiger partial charge in [-0.3, -0.25) is 9.59 Å². The fourth-order valence-corrected chi connectivity index (χ4v) is 6.43. The van der Waals surface area contributed by atoms with E-state index in [1.807, 2.05) is 20.8 Å². The molecule has 2 atom stereocenters. The van der Waals surface area contributed by atoms with E-state index in [1.54, 1.807) is 6.07 Å². The first-order valence-corrected chi connectivity index (χ1v) is 17.1. The third-order valence-electron chi connectivity index (χ3n) is 8.18. The van der Waals surface area contributed by atoms with Gasteiger partial charge in [-0.05, 0) is 50.5 Å². The number of nitrogens with zero attached hydrogens (tertiary/aromatic N) is 3. The van der Waals surface area contributed by atoms with Crippen LogP contribution in [0.1, 0.15) is 43.1 Å². The number of carbonyl (C=O) groups is 2. The number of benzene rings is 2. The summed E-state index contributed by atoms with van der Waals surface area (Å²) in [7, 11) is -0.682. The molecular weight excluding hydrogens is 651 g/mol. The number of rotatable bonds is 10. The highest BCUT2D eigenvalue weighted by Crippen LogP contribution is 2.29. The maximum atomic E-state index is 13.7. The average Bonchev–Trinajstić information content (AvgIpc) is 3.39. The molecule has 1 aliphatic rings. The molecule has 4 rings (SSSR count). The SMILES string of the molecule is COC(=O)C(C)(C)CN1CC[C@H](NC(=O)c2cc(C#CCNc3ccc(S(C)(=O)=O)cc3OC)cc3c2ncn3CC(F)(F)F)[C@@H](C)C1. The summed E-state index contributed by atoms with van der Waals surface area (Å²) in [6.45, 7) is 6.18. The number of anilines is 1. The van der Waals surface area contributed by atoms with Crippen molar-refractivity contribution in [3.63, 3.8) is 0 Å². The second-order valence-corrected chi connectivity index (χ2v) is 14.6. The Morgan fingerprint density at radius 2 is 1.85 bits per heavy atom. The second-order valence-electron chi connectivity index (χ2n) is 12.6. The number of esters is 1. The Morgan fingerprint density at radius 1 is 1.12 bits per heavy atom. The fourth-order valence-electron chi connectivity index (χ4n) is 5.80. The van der Waals surface area contributed by atoms with Gasteiger partial charge in [0.15, 0.2) is 9.84 Å². The number of ether oxygens (including phenoxy) is 2. The highest BCUT2D eigenvalue weighted by atomic mass is 32.2. The van der Waals surface area contributed by atoms with Crippen LogP contribution in [0.4, 0.5) is 18.9 Å². The lowest BCUT2D eigenvalue weighted by molar-refractivity contribution is -0.152. The zero-order chi connectivity index (χ0) is 35.4. The van der Waals surface area contributed by atoms with Crippen LogP contribution >= 0.6 is 0 Å². The van der Waals surface area contributed by atoms with E-state index in [0.29, 0.717) is 43.1 Å². The lowest BCUT2D eigenvalue weighted by Crippen LogP contribution is -2.52. The van der Waals surface area contributed by atoms with Gasteiger partial charge in [0.1, 0.15) is 17.8 Å². The predicted octanol–water partition coefficient (Wildman–Crippen LogP) is 4.11. The first-order chi connectivity index (χ1) is 22.4. The van der Waals surface area contributed by atoms with E-state index < -0.39 is 33.9 Å². The summed E-state index contributed by atoms with van der Waals surface area (Å²) in [5.74, 6) is 5.35. The minimum Gasteiger partial charge on any atom is -0.495 e. The van der Waals surface area contributed by atoms with E-state index in [-0.39, 0.29) is 46.0 Å². The summed E-state index contributed by atoms with van der Waals surface area (Å²) < 4.78 is 75.1. The van der Waals surface area contributed by atoms with Crippen LogP contribution in [0, 0.1) is 23.2 Å². The number of methoxy groups -OCH3 is 2. The maximum Gasteiger partial charge on any atom is 0.406 e. The number of halogens is 3. The fraction of sp³-hybridized carbons (Fsp3) is 0.485. The summed E-state index contributed by atoms with van der Waals surface area (Å²) in [4.78, 5) is 32.2. The molecule has 260 valence electrons. The summed E-state index contributed by atoms with van der Waals surface area (Å²) in [6, 6.07) is 7.12. The van der Waals surface area contributed by atoms with E-state index in [1.165, 1.54) is 38.5 Å². The minimum absolute atomic E-state index is 0.0203. The molecule has 0 aliphatic carbocycles. The number of carbonyl (C=O) groups excluding carboxylic acids is 2. The van der Waals surface area contributed by atoms with Crippen molar-refractivity contribution in [3.05, 3.63) is 47.8 Å². The normalized spacial score (nSPS) is 17.4. The van der Waals surface area contributed by atoms with Crippen LogP contribution in [0.5, 0.6) is 5.75 Å². The molecule has 2 heterocycles. The number of imidazole rings is 1. The monoisotopic (exact) mass is 691 g/mol. The van der Waals surface area contributed by atoms with Gasteiger partial charge in [-0.2, -0.15) is 13.2 Å². The molecule has 1 saturated heterocycles. The van der Waals surface area contributed by atoms with Gasteiger partial charge in [0, 0.05) is 43.6 Å². The molecule has 0 radical (unpaired) electrons. The van der Waals surface area contributed by atoms with Crippen molar-refractivity contribution >= 4 is 38.4 Å². The molecule has 3 aromatic rings. The molecule has 0 bridgehead atoms. The minimum atomic E-state index is -4.51. The van der Waals surface area contributed by atoms with E-state index in [0.717, 1.165) is 17.2 Å². The van der Waals surface area contributed by atoms with Crippen LogP contribution in [0.2, 0.25) is 0 Å². The number of aromatic nitrogens is 2. The van der Waals surface area contributed by atoms with Gasteiger partial charge in [-0.1, -0.05) is 18.8 Å². The molecule has 1 fully saturated rings. The van der Waals surface area contributed by atoms with Crippen molar-refractivity contribution < 1.29 is 40.7 Å². The van der Waals surface area contributed by atoms with E-state index in [4.69, 9.17) is 9.47 Å². The number of alkyl halides is 3. The van der Waals surface area contributed by atoms with Crippen LogP contribution in [0.3, 0.4) is 0 Å². The van der Waals surface area contributed by atoms with Gasteiger partial charge in [-0.15, -0.1) is 0 Å². The first kappa shape index (κ1) is 36.5. The van der Waals surface area contributed by atoms with Crippen molar-refractivity contribution in [1.29, 1.82) is 0 Å². The summed E-state index contributed by atoms with van der Waals surface area (Å²) in [5.41, 5.74) is 0.448. The van der Waals surface area contributed by atoms with Crippen LogP contribution in [0.15, 0.2) is 41.6 Å². The Kier molecular flexibility index (Phi) is 11.0. The van der Waals surface area contributed by atoms with E-state index in [2.05, 4.69) is 32.4 Å². The number of hydrogen-bond acceptors (Lipinski definition) is 9. The first-order valence-electron chi connectivity index (χ1n) is 15.2. The van der Waals surface area contributed by atoms with Crippen molar-refractivity contribution in [1.82, 2.24) is 19.8 Å². The van der Waals surface area contributed by atoms with Crippen LogP contribution in [0.25, 0.3) is 11.0 Å². The second kappa shape index (κ2) is 14.4. The van der Waals surface area contributed by atoms with Crippen molar-refractivity contribution in [2.24, 2.45) is 11.3 Å². The molecule has 1 aliphatic heterocycles. The zero-order valence-corrected chi connectivity index (χ0v) is 28.5. The number of nitrogens with one attached hydrogen (secondary N) is 2. The molecule has 1 amide bonds. The third-order valence-corrected chi connectivity index (χ3v) is 9.29. The number of likely N-dealkylation sites (tertiary alicyclic amines) is 1. The number of sulfone groups is 1. The highest BCUT2D eigenvalue weighted by Gasteiger charge is 2.35. The van der Waals surface area contributed by atoms with Crippen LogP contribution < -0.4 is 15.4 Å². The Morgan fingerprint density at radius 3 is 2.48 bits per heavy atom. The molecule has 48 heavy (non-hydrogen) atoms. The standard InChI is InChI=1S/C33H40F3N5O6S/c1-21-17-40(18-32(2,3)31(43)47-5)13-11-25(21)39-30(42)24-14-22(15-27-29(24)38-20-41(27)19-33(34,35)36)8-7-12-37-26-10-9-23(48(6,44)45)16-28(26)46-4/h9-10,14-16,20-21,25,37H,11-13,17-19H2,1-6H3,(H,39,42)/t21-,25-/m0/s1. The van der Waals surface area contributed by atoms with Gasteiger partial charge in [0.25, 0.3) is 5.91 Å². The van der Waals surface area contributed by atoms with E-state index in [9.17, 15) is 31.2 Å². The Balaban J connectivity index is 1.55. The summed E-state index contributed by atoms with van der Waals surface area (Å²) in [6.07, 6.45) is -1.76. The molecule has 0 spiro atoms. The largest absolute Gasteiger partial charge is 0.495 e. The quantitative estimate of drug-likeness (QED) is 0.238. The van der Waals surface area contributed by atoms with E-state index >= 15 is 0 Å². The average molecular weight is 692 g/mol. The lowest BCUT2D eigenvalue weighted by Gasteiger charge is -2.40. The summed E-state index contributed by atoms with van der Waals surface area (Å²) in [5, 5.41) is 6.09. The number of amides is 1. The van der Waals surface area contributed by atoms with Crippen LogP contribution in [-0.2, 0) is 25.9 Å². The molecule has 1 aromatic heterocycles. The summed E-state index contributed by atoms with van der Waals surface area (Å²) >= 11 is 0. The number of fused-ring (bicyclic) bond motifs is 1. The third kappa shape index (κ3) is 8.99. The van der Waals surface area contributed by atoms with Gasteiger partial charge >= 0.3 is 12.1 Å². The lowest BCUT2D eigenvalue weighted by atomic mass is 9.88. The predicted molar refractivity (Wildman–Crippen MR) is 175 cm³/mol. The molecule has 2 aromatic carbocycles. The van der Waals surface area contributed by atoms with Crippen molar-refractivity contribution in [2.45, 2.75) is 50.9 Å². The molecule has 11 nitrogen and oxygen atoms in total.